The van der Waals surface area contributed by atoms with E-state index in [0.29, 0.717) is 36.2 Å². The molecule has 1 aliphatic rings. The quantitative estimate of drug-likeness (QED) is 0.542. The maximum Gasteiger partial charge on any atom is 0.433 e. The topological polar surface area (TPSA) is 118 Å². The molecule has 4 N–H and O–H groups in total. The zero-order chi connectivity index (χ0) is 24.1. The molecule has 0 aromatic carbocycles. The van der Waals surface area contributed by atoms with Crippen LogP contribution in [-0.2, 0) is 41.0 Å². The summed E-state index contributed by atoms with van der Waals surface area (Å²) in [5, 5.41) is 17.9. The molecule has 176 valence electrons. The maximum atomic E-state index is 14.3. The molecule has 1 atom stereocenters. The van der Waals surface area contributed by atoms with Gasteiger partial charge in [0.1, 0.15) is 5.69 Å². The highest BCUT2D eigenvalue weighted by Crippen LogP contribution is 2.40. The van der Waals surface area contributed by atoms with Crippen LogP contribution in [0, 0.1) is 5.82 Å². The van der Waals surface area contributed by atoms with Gasteiger partial charge in [0.2, 0.25) is 0 Å². The van der Waals surface area contributed by atoms with Gasteiger partial charge in [0.25, 0.3) is 0 Å². The zero-order valence-corrected chi connectivity index (χ0v) is 19.1. The fraction of sp³-hybridized carbons (Fsp3) is 0.474. The van der Waals surface area contributed by atoms with Gasteiger partial charge in [0.15, 0.2) is 19.9 Å². The number of carbonyl (C=O) groups excluding carboxylic acids is 1. The second kappa shape index (κ2) is 8.36. The number of pyridine rings is 1. The fourth-order valence-electron chi connectivity index (χ4n) is 3.50. The molecule has 0 saturated heterocycles. The number of nitrogens with one attached hydrogen (secondary N) is 1. The van der Waals surface area contributed by atoms with Gasteiger partial charge in [-0.15, -0.1) is 15.7 Å². The van der Waals surface area contributed by atoms with E-state index in [2.05, 4.69) is 14.7 Å². The van der Waals surface area contributed by atoms with Gasteiger partial charge in [0, 0.05) is 16.1 Å². The van der Waals surface area contributed by atoms with Crippen molar-refractivity contribution >= 4 is 33.0 Å². The van der Waals surface area contributed by atoms with Gasteiger partial charge >= 0.3 is 12.2 Å². The van der Waals surface area contributed by atoms with Crippen LogP contribution in [0.15, 0.2) is 14.6 Å². The van der Waals surface area contributed by atoms with Crippen molar-refractivity contribution in [2.24, 2.45) is 9.50 Å². The lowest BCUT2D eigenvalue weighted by atomic mass is 10.0. The van der Waals surface area contributed by atoms with Crippen LogP contribution in [0.5, 0.6) is 0 Å². The Morgan fingerprint density at radius 3 is 2.56 bits per heavy atom. The number of hydrogen-bond donors (Lipinski definition) is 3. The second-order valence-corrected chi connectivity index (χ2v) is 10.9. The SMILES string of the molecule is CCc1c(C(F)(F)F)nc2c(c1NC(=O)N=[S@@](N)(=O)c1sc(C(C)(C)O)cc1F)CCC2. The van der Waals surface area contributed by atoms with Crippen molar-refractivity contribution in [2.45, 2.75) is 62.4 Å². The van der Waals surface area contributed by atoms with Crippen LogP contribution in [0.3, 0.4) is 0 Å². The van der Waals surface area contributed by atoms with Crippen molar-refractivity contribution in [3.8, 4) is 0 Å². The lowest BCUT2D eigenvalue weighted by molar-refractivity contribution is -0.141. The highest BCUT2D eigenvalue weighted by Gasteiger charge is 2.38. The Morgan fingerprint density at radius 2 is 2.03 bits per heavy atom. The Balaban J connectivity index is 2.04. The van der Waals surface area contributed by atoms with Gasteiger partial charge in [-0.3, -0.25) is 0 Å². The number of aromatic nitrogens is 1. The van der Waals surface area contributed by atoms with Crippen molar-refractivity contribution < 1.29 is 31.7 Å². The number of fused-ring (bicyclic) bond motifs is 1. The van der Waals surface area contributed by atoms with Crippen molar-refractivity contribution in [3.05, 3.63) is 39.3 Å². The van der Waals surface area contributed by atoms with Crippen LogP contribution in [0.25, 0.3) is 0 Å². The Labute approximate surface area is 186 Å². The number of alkyl halides is 3. The molecule has 2 amide bonds. The number of anilines is 1. The van der Waals surface area contributed by atoms with Gasteiger partial charge in [-0.1, -0.05) is 6.92 Å². The van der Waals surface area contributed by atoms with Crippen molar-refractivity contribution in [1.29, 1.82) is 0 Å². The van der Waals surface area contributed by atoms with E-state index in [1.54, 1.807) is 0 Å². The molecule has 32 heavy (non-hydrogen) atoms. The molecule has 1 aliphatic carbocycles. The summed E-state index contributed by atoms with van der Waals surface area (Å²) in [7, 11) is -4.06. The molecule has 13 heteroatoms. The number of halogens is 4. The van der Waals surface area contributed by atoms with Gasteiger partial charge < -0.3 is 10.4 Å². The minimum absolute atomic E-state index is 0.0722. The molecular formula is C19H22F4N4O3S2. The highest BCUT2D eigenvalue weighted by molar-refractivity contribution is 7.93. The highest BCUT2D eigenvalue weighted by atomic mass is 32.2. The first kappa shape index (κ1) is 24.6. The number of aryl methyl sites for hydroxylation is 1. The third-order valence-corrected chi connectivity index (χ3v) is 8.27. The smallest absolute Gasteiger partial charge is 0.385 e. The van der Waals surface area contributed by atoms with Crippen molar-refractivity contribution in [1.82, 2.24) is 4.98 Å². The second-order valence-electron chi connectivity index (χ2n) is 7.84. The van der Waals surface area contributed by atoms with Crippen molar-refractivity contribution in [3.63, 3.8) is 0 Å². The average molecular weight is 495 g/mol. The number of aliphatic hydroxyl groups is 1. The summed E-state index contributed by atoms with van der Waals surface area (Å²) in [4.78, 5) is 16.4. The first-order chi connectivity index (χ1) is 14.6. The van der Waals surface area contributed by atoms with E-state index < -0.39 is 43.4 Å². The normalized spacial score (nSPS) is 15.9. The van der Waals surface area contributed by atoms with Gasteiger partial charge in [-0.05, 0) is 51.2 Å². The Morgan fingerprint density at radius 1 is 1.38 bits per heavy atom. The molecule has 0 fully saturated rings. The molecule has 0 bridgehead atoms. The van der Waals surface area contributed by atoms with Crippen LogP contribution >= 0.6 is 11.3 Å². The third kappa shape index (κ3) is 4.80. The molecule has 0 radical (unpaired) electrons. The van der Waals surface area contributed by atoms with Gasteiger partial charge in [0.05, 0.1) is 11.3 Å². The summed E-state index contributed by atoms with van der Waals surface area (Å²) in [6, 6.07) is -0.321. The summed E-state index contributed by atoms with van der Waals surface area (Å²) in [5.41, 5.74) is -2.12. The van der Waals surface area contributed by atoms with Crippen LogP contribution in [-0.4, -0.2) is 20.3 Å². The van der Waals surface area contributed by atoms with Crippen LogP contribution in [0.1, 0.15) is 54.6 Å². The lowest BCUT2D eigenvalue weighted by Gasteiger charge is -2.19. The minimum atomic E-state index is -4.73. The molecule has 0 spiro atoms. The maximum absolute atomic E-state index is 14.3. The summed E-state index contributed by atoms with van der Waals surface area (Å²) >= 11 is 0.597. The summed E-state index contributed by atoms with van der Waals surface area (Å²) in [6.45, 7) is 4.27. The number of nitrogens with two attached hydrogens (primary N) is 1. The molecule has 0 aliphatic heterocycles. The van der Waals surface area contributed by atoms with Crippen LogP contribution < -0.4 is 10.5 Å². The molecular weight excluding hydrogens is 472 g/mol. The Kier molecular flexibility index (Phi) is 6.41. The first-order valence-electron chi connectivity index (χ1n) is 9.65. The molecule has 0 unspecified atom stereocenters. The lowest BCUT2D eigenvalue weighted by Crippen LogP contribution is -2.21. The number of amides is 2. The van der Waals surface area contributed by atoms with E-state index in [1.165, 1.54) is 20.8 Å². The summed E-state index contributed by atoms with van der Waals surface area (Å²) < 4.78 is 70.5. The molecule has 2 heterocycles. The fourth-order valence-corrected chi connectivity index (χ4v) is 5.84. The predicted octanol–water partition coefficient (Wildman–Crippen LogP) is 4.51. The van der Waals surface area contributed by atoms with E-state index in [-0.39, 0.29) is 28.2 Å². The van der Waals surface area contributed by atoms with Crippen LogP contribution in [0.2, 0.25) is 0 Å². The molecule has 2 aromatic rings. The largest absolute Gasteiger partial charge is 0.433 e. The zero-order valence-electron chi connectivity index (χ0n) is 17.5. The minimum Gasteiger partial charge on any atom is -0.385 e. The number of hydrogen-bond acceptors (Lipinski definition) is 5. The molecule has 0 saturated carbocycles. The third-order valence-electron chi connectivity index (χ3n) is 4.92. The number of nitrogens with zero attached hydrogens (tertiary/aromatic N) is 2. The predicted molar refractivity (Wildman–Crippen MR) is 112 cm³/mol. The molecule has 3 rings (SSSR count). The monoisotopic (exact) mass is 494 g/mol. The van der Waals surface area contributed by atoms with E-state index >= 15 is 0 Å². The molecule has 2 aromatic heterocycles. The first-order valence-corrected chi connectivity index (χ1v) is 12.0. The number of thiophene rings is 1. The number of carbonyl (C=O) groups is 1. The van der Waals surface area contributed by atoms with Gasteiger partial charge in [-0.2, -0.15) is 13.2 Å². The van der Waals surface area contributed by atoms with Gasteiger partial charge in [-0.25, -0.2) is 23.5 Å². The molecule has 7 nitrogen and oxygen atoms in total. The Bertz CT molecular complexity index is 1190. The van der Waals surface area contributed by atoms with E-state index in [1.807, 2.05) is 0 Å². The Hall–Kier alpha value is -2.09. The summed E-state index contributed by atoms with van der Waals surface area (Å²) in [5.74, 6) is -1.01. The van der Waals surface area contributed by atoms with Crippen molar-refractivity contribution in [2.75, 3.05) is 5.32 Å². The van der Waals surface area contributed by atoms with E-state index in [0.717, 1.165) is 6.07 Å². The number of rotatable bonds is 4. The standard InChI is InChI=1S/C19H22F4N4O3S2/c1-4-9-14(10-6-5-7-12(10)25-15(9)19(21,22)23)26-17(28)27-32(24,30)16-11(20)8-13(31-16)18(2,3)29/h8,29H,4-7H2,1-3H3,(H3,24,25,26,27,28,30)/t32-/m1/s1. The summed E-state index contributed by atoms with van der Waals surface area (Å²) in [6.07, 6.45) is -3.49. The number of urea groups is 1. The van der Waals surface area contributed by atoms with E-state index in [4.69, 9.17) is 5.14 Å². The van der Waals surface area contributed by atoms with Crippen LogP contribution in [0.4, 0.5) is 28.0 Å². The van der Waals surface area contributed by atoms with E-state index in [9.17, 15) is 31.7 Å². The average Bonchev–Trinajstić information content (AvgIpc) is 3.26.